The number of thiazole rings is 1. The molecule has 5 heteroatoms. The van der Waals surface area contributed by atoms with E-state index in [1.807, 2.05) is 37.0 Å². The van der Waals surface area contributed by atoms with Crippen molar-refractivity contribution < 1.29 is 4.79 Å². The Morgan fingerprint density at radius 2 is 2.05 bits per heavy atom. The second-order valence-corrected chi connectivity index (χ2v) is 8.51. The summed E-state index contributed by atoms with van der Waals surface area (Å²) < 4.78 is 0. The molecule has 0 unspecified atom stereocenters. The van der Waals surface area contributed by atoms with Gasteiger partial charge in [-0.2, -0.15) is 0 Å². The molecule has 1 saturated heterocycles. The van der Waals surface area contributed by atoms with Crippen molar-refractivity contribution in [2.45, 2.75) is 52.5 Å². The fraction of sp³-hybridized carbons (Fsp3) is 0.765. The summed E-state index contributed by atoms with van der Waals surface area (Å²) in [5, 5.41) is 3.55. The van der Waals surface area contributed by atoms with Crippen molar-refractivity contribution in [1.82, 2.24) is 14.8 Å². The van der Waals surface area contributed by atoms with E-state index in [0.29, 0.717) is 0 Å². The van der Waals surface area contributed by atoms with E-state index in [0.717, 1.165) is 45.1 Å². The van der Waals surface area contributed by atoms with Gasteiger partial charge in [-0.05, 0) is 19.3 Å². The Morgan fingerprint density at radius 3 is 2.73 bits per heavy atom. The molecule has 1 aromatic heterocycles. The van der Waals surface area contributed by atoms with Crippen LogP contribution in [0, 0.1) is 5.41 Å². The van der Waals surface area contributed by atoms with Crippen LogP contribution in [0.2, 0.25) is 0 Å². The maximum atomic E-state index is 12.4. The fourth-order valence-electron chi connectivity index (χ4n) is 2.95. The number of hydrogen-bond acceptors (Lipinski definition) is 4. The van der Waals surface area contributed by atoms with Crippen LogP contribution in [-0.2, 0) is 11.3 Å². The van der Waals surface area contributed by atoms with Gasteiger partial charge >= 0.3 is 0 Å². The molecule has 0 spiro atoms. The van der Waals surface area contributed by atoms with Crippen LogP contribution in [0.3, 0.4) is 0 Å². The van der Waals surface area contributed by atoms with Gasteiger partial charge in [-0.15, -0.1) is 11.3 Å². The maximum Gasteiger partial charge on any atom is 0.227 e. The predicted molar refractivity (Wildman–Crippen MR) is 90.0 cm³/mol. The number of aromatic nitrogens is 1. The topological polar surface area (TPSA) is 36.4 Å². The molecule has 0 atom stereocenters. The molecule has 1 saturated carbocycles. The van der Waals surface area contributed by atoms with E-state index in [1.54, 1.807) is 0 Å². The first-order valence-corrected chi connectivity index (χ1v) is 9.27. The van der Waals surface area contributed by atoms with Gasteiger partial charge in [-0.1, -0.05) is 20.8 Å². The van der Waals surface area contributed by atoms with Crippen molar-refractivity contribution in [2.24, 2.45) is 5.41 Å². The first kappa shape index (κ1) is 15.9. The Bertz CT molecular complexity index is 530. The maximum absolute atomic E-state index is 12.4. The lowest BCUT2D eigenvalue weighted by molar-refractivity contribution is -0.139. The van der Waals surface area contributed by atoms with Crippen LogP contribution < -0.4 is 0 Å². The third-order valence-corrected chi connectivity index (χ3v) is 5.46. The molecule has 4 nitrogen and oxygen atoms in total. The summed E-state index contributed by atoms with van der Waals surface area (Å²) in [6.07, 6.45) is 3.70. The lowest BCUT2D eigenvalue weighted by Crippen LogP contribution is -2.41. The van der Waals surface area contributed by atoms with Gasteiger partial charge in [-0.25, -0.2) is 4.98 Å². The van der Waals surface area contributed by atoms with Gasteiger partial charge in [0.05, 0.1) is 10.7 Å². The zero-order valence-electron chi connectivity index (χ0n) is 14.0. The Labute approximate surface area is 137 Å². The summed E-state index contributed by atoms with van der Waals surface area (Å²) in [5.41, 5.74) is 0.936. The standard InChI is InChI=1S/C17H27N3OS/c1-17(2,3)16(21)20-8-4-7-19(9-10-20)11-14-12-22-15(18-14)13-5-6-13/h12-13H,4-11H2,1-3H3. The van der Waals surface area contributed by atoms with Crippen molar-refractivity contribution in [3.63, 3.8) is 0 Å². The van der Waals surface area contributed by atoms with Crippen LogP contribution in [0.25, 0.3) is 0 Å². The van der Waals surface area contributed by atoms with Gasteiger partial charge in [0.2, 0.25) is 5.91 Å². The molecule has 1 amide bonds. The Balaban J connectivity index is 1.54. The summed E-state index contributed by atoms with van der Waals surface area (Å²) in [6.45, 7) is 10.7. The zero-order valence-corrected chi connectivity index (χ0v) is 14.8. The minimum atomic E-state index is -0.275. The molecule has 1 aliphatic carbocycles. The molecule has 2 aliphatic rings. The molecule has 0 aromatic carbocycles. The van der Waals surface area contributed by atoms with E-state index in [-0.39, 0.29) is 11.3 Å². The molecule has 2 fully saturated rings. The van der Waals surface area contributed by atoms with Crippen molar-refractivity contribution in [2.75, 3.05) is 26.2 Å². The van der Waals surface area contributed by atoms with Gasteiger partial charge in [0.1, 0.15) is 0 Å². The van der Waals surface area contributed by atoms with Gasteiger partial charge < -0.3 is 4.90 Å². The summed E-state index contributed by atoms with van der Waals surface area (Å²) in [7, 11) is 0. The smallest absolute Gasteiger partial charge is 0.227 e. The molecule has 3 rings (SSSR count). The normalized spacial score (nSPS) is 21.0. The summed E-state index contributed by atoms with van der Waals surface area (Å²) >= 11 is 1.82. The SMILES string of the molecule is CC(C)(C)C(=O)N1CCCN(Cc2csc(C3CC3)n2)CC1. The molecule has 0 bridgehead atoms. The largest absolute Gasteiger partial charge is 0.341 e. The summed E-state index contributed by atoms with van der Waals surface area (Å²) in [4.78, 5) is 21.7. The lowest BCUT2D eigenvalue weighted by Gasteiger charge is -2.28. The Morgan fingerprint density at radius 1 is 1.27 bits per heavy atom. The summed E-state index contributed by atoms with van der Waals surface area (Å²) in [5.74, 6) is 1.03. The van der Waals surface area contributed by atoms with Gasteiger partial charge in [0.25, 0.3) is 0 Å². The highest BCUT2D eigenvalue weighted by Gasteiger charge is 2.29. The highest BCUT2D eigenvalue weighted by molar-refractivity contribution is 7.09. The van der Waals surface area contributed by atoms with Crippen LogP contribution in [0.5, 0.6) is 0 Å². The summed E-state index contributed by atoms with van der Waals surface area (Å²) in [6, 6.07) is 0. The monoisotopic (exact) mass is 321 g/mol. The number of rotatable bonds is 3. The molecule has 122 valence electrons. The average molecular weight is 321 g/mol. The molecule has 0 N–H and O–H groups in total. The van der Waals surface area contributed by atoms with E-state index < -0.39 is 0 Å². The van der Waals surface area contributed by atoms with Crippen LogP contribution in [0.1, 0.15) is 56.7 Å². The molecule has 22 heavy (non-hydrogen) atoms. The third kappa shape index (κ3) is 3.87. The minimum absolute atomic E-state index is 0.275. The third-order valence-electron chi connectivity index (χ3n) is 4.40. The number of hydrogen-bond donors (Lipinski definition) is 0. The first-order valence-electron chi connectivity index (χ1n) is 8.39. The molecular weight excluding hydrogens is 294 g/mol. The zero-order chi connectivity index (χ0) is 15.7. The van der Waals surface area contributed by atoms with Crippen LogP contribution in [-0.4, -0.2) is 46.9 Å². The minimum Gasteiger partial charge on any atom is -0.341 e. The lowest BCUT2D eigenvalue weighted by atomic mass is 9.94. The van der Waals surface area contributed by atoms with Crippen molar-refractivity contribution in [1.29, 1.82) is 0 Å². The quantitative estimate of drug-likeness (QED) is 0.858. The van der Waals surface area contributed by atoms with E-state index in [2.05, 4.69) is 10.3 Å². The Hall–Kier alpha value is -0.940. The van der Waals surface area contributed by atoms with E-state index >= 15 is 0 Å². The van der Waals surface area contributed by atoms with Crippen molar-refractivity contribution >= 4 is 17.2 Å². The average Bonchev–Trinajstić information content (AvgIpc) is 3.23. The van der Waals surface area contributed by atoms with Gasteiger partial charge in [0, 0.05) is 49.4 Å². The Kier molecular flexibility index (Phi) is 4.55. The second-order valence-electron chi connectivity index (χ2n) is 7.62. The predicted octanol–water partition coefficient (Wildman–Crippen LogP) is 3.10. The molecule has 1 aliphatic heterocycles. The number of nitrogens with zero attached hydrogens (tertiary/aromatic N) is 3. The highest BCUT2D eigenvalue weighted by atomic mass is 32.1. The van der Waals surface area contributed by atoms with Gasteiger partial charge in [-0.3, -0.25) is 9.69 Å². The number of amides is 1. The van der Waals surface area contributed by atoms with E-state index in [1.165, 1.54) is 23.5 Å². The van der Waals surface area contributed by atoms with Gasteiger partial charge in [0.15, 0.2) is 0 Å². The van der Waals surface area contributed by atoms with E-state index in [4.69, 9.17) is 4.98 Å². The highest BCUT2D eigenvalue weighted by Crippen LogP contribution is 2.41. The van der Waals surface area contributed by atoms with Crippen LogP contribution in [0.15, 0.2) is 5.38 Å². The van der Waals surface area contributed by atoms with E-state index in [9.17, 15) is 4.79 Å². The number of carbonyl (C=O) groups excluding carboxylic acids is 1. The second kappa shape index (κ2) is 6.28. The van der Waals surface area contributed by atoms with Crippen LogP contribution >= 0.6 is 11.3 Å². The van der Waals surface area contributed by atoms with Crippen LogP contribution in [0.4, 0.5) is 0 Å². The molecule has 2 heterocycles. The van der Waals surface area contributed by atoms with Crippen molar-refractivity contribution in [3.05, 3.63) is 16.1 Å². The number of carbonyl (C=O) groups is 1. The molecule has 0 radical (unpaired) electrons. The molecular formula is C17H27N3OS. The van der Waals surface area contributed by atoms with Crippen molar-refractivity contribution in [3.8, 4) is 0 Å². The first-order chi connectivity index (χ1) is 10.4. The molecule has 1 aromatic rings. The fourth-order valence-corrected chi connectivity index (χ4v) is 3.93.